The number of rotatable bonds is 3. The molecule has 5 heterocycles. The first-order valence-electron chi connectivity index (χ1n) is 7.76. The highest BCUT2D eigenvalue weighted by atomic mass is 35.5. The summed E-state index contributed by atoms with van der Waals surface area (Å²) in [7, 11) is 0. The molecule has 1 amide bonds. The van der Waals surface area contributed by atoms with E-state index in [2.05, 4.69) is 27.8 Å². The highest BCUT2D eigenvalue weighted by Gasteiger charge is 2.37. The van der Waals surface area contributed by atoms with Crippen molar-refractivity contribution >= 4 is 42.2 Å². The van der Waals surface area contributed by atoms with Gasteiger partial charge in [0.2, 0.25) is 0 Å². The molecule has 1 aromatic heterocycles. The molecule has 1 N–H and O–H groups in total. The molecular formula is C15H23Cl2N3O2S. The van der Waals surface area contributed by atoms with Gasteiger partial charge in [0, 0.05) is 30.4 Å². The summed E-state index contributed by atoms with van der Waals surface area (Å²) in [4.78, 5) is 15.8. The van der Waals surface area contributed by atoms with Gasteiger partial charge in [0.05, 0.1) is 0 Å². The number of carbonyl (C=O) groups excluding carboxylic acids is 1. The van der Waals surface area contributed by atoms with Gasteiger partial charge in [-0.15, -0.1) is 36.2 Å². The predicted molar refractivity (Wildman–Crippen MR) is 95.7 cm³/mol. The number of amides is 1. The first-order valence-corrected chi connectivity index (χ1v) is 8.64. The second-order valence-electron chi connectivity index (χ2n) is 6.31. The van der Waals surface area contributed by atoms with Gasteiger partial charge in [0.1, 0.15) is 6.10 Å². The summed E-state index contributed by atoms with van der Waals surface area (Å²) in [5.41, 5.74) is 2.87. The van der Waals surface area contributed by atoms with Crippen LogP contribution in [0.3, 0.4) is 0 Å². The number of hydrogen-bond acceptors (Lipinski definition) is 5. The van der Waals surface area contributed by atoms with Gasteiger partial charge < -0.3 is 4.74 Å². The summed E-state index contributed by atoms with van der Waals surface area (Å²) < 4.78 is 5.63. The monoisotopic (exact) mass is 379 g/mol. The molecule has 0 aromatic carbocycles. The second kappa shape index (κ2) is 8.03. The minimum Gasteiger partial charge on any atom is -0.444 e. The van der Waals surface area contributed by atoms with Crippen LogP contribution in [0.5, 0.6) is 0 Å². The molecule has 4 aliphatic rings. The number of fused-ring (bicyclic) bond motifs is 3. The number of halogens is 2. The molecule has 0 saturated carbocycles. The van der Waals surface area contributed by atoms with Crippen molar-refractivity contribution in [1.29, 1.82) is 0 Å². The molecule has 4 fully saturated rings. The van der Waals surface area contributed by atoms with Crippen LogP contribution in [0.25, 0.3) is 0 Å². The van der Waals surface area contributed by atoms with E-state index in [1.807, 2.05) is 5.01 Å². The van der Waals surface area contributed by atoms with Gasteiger partial charge >= 0.3 is 6.09 Å². The average Bonchev–Trinajstić information content (AvgIpc) is 2.97. The molecule has 0 aliphatic carbocycles. The van der Waals surface area contributed by atoms with Crippen LogP contribution < -0.4 is 5.43 Å². The highest BCUT2D eigenvalue weighted by molar-refractivity contribution is 7.10. The van der Waals surface area contributed by atoms with Crippen molar-refractivity contribution in [3.05, 3.63) is 22.4 Å². The minimum atomic E-state index is -0.279. The fourth-order valence-electron chi connectivity index (χ4n) is 3.61. The van der Waals surface area contributed by atoms with Crippen molar-refractivity contribution in [3.63, 3.8) is 0 Å². The first-order chi connectivity index (χ1) is 10.3. The van der Waals surface area contributed by atoms with Gasteiger partial charge in [0.15, 0.2) is 0 Å². The van der Waals surface area contributed by atoms with E-state index in [4.69, 9.17) is 4.74 Å². The van der Waals surface area contributed by atoms with Crippen molar-refractivity contribution in [3.8, 4) is 0 Å². The van der Waals surface area contributed by atoms with Crippen LogP contribution in [0.15, 0.2) is 17.5 Å². The number of nitrogens with zero attached hydrogens (tertiary/aromatic N) is 2. The van der Waals surface area contributed by atoms with Crippen molar-refractivity contribution in [1.82, 2.24) is 15.3 Å². The Hall–Kier alpha value is -0.530. The number of hydrogen-bond donors (Lipinski definition) is 1. The smallest absolute Gasteiger partial charge is 0.422 e. The molecule has 0 radical (unpaired) electrons. The zero-order valence-electron chi connectivity index (χ0n) is 12.8. The van der Waals surface area contributed by atoms with Gasteiger partial charge in [-0.3, -0.25) is 10.3 Å². The molecule has 23 heavy (non-hydrogen) atoms. The largest absolute Gasteiger partial charge is 0.444 e. The summed E-state index contributed by atoms with van der Waals surface area (Å²) in [6.45, 7) is 5.02. The molecule has 0 spiro atoms. The number of ether oxygens (including phenoxy) is 1. The fourth-order valence-corrected chi connectivity index (χ4v) is 4.42. The van der Waals surface area contributed by atoms with Crippen LogP contribution in [0.4, 0.5) is 4.79 Å². The maximum Gasteiger partial charge on any atom is 0.422 e. The minimum absolute atomic E-state index is 0. The Morgan fingerprint density at radius 2 is 1.96 bits per heavy atom. The Morgan fingerprint density at radius 3 is 2.52 bits per heavy atom. The van der Waals surface area contributed by atoms with E-state index in [0.29, 0.717) is 11.8 Å². The summed E-state index contributed by atoms with van der Waals surface area (Å²) >= 11 is 1.79. The van der Waals surface area contributed by atoms with Crippen molar-refractivity contribution in [2.75, 3.05) is 32.7 Å². The van der Waals surface area contributed by atoms with E-state index in [9.17, 15) is 4.79 Å². The molecule has 4 aliphatic heterocycles. The second-order valence-corrected chi connectivity index (χ2v) is 7.29. The highest BCUT2D eigenvalue weighted by Crippen LogP contribution is 2.30. The average molecular weight is 380 g/mol. The van der Waals surface area contributed by atoms with Crippen LogP contribution in [-0.4, -0.2) is 54.8 Å². The topological polar surface area (TPSA) is 44.8 Å². The summed E-state index contributed by atoms with van der Waals surface area (Å²) in [5.74, 6) is 1.12. The third kappa shape index (κ3) is 4.12. The third-order valence-corrected chi connectivity index (χ3v) is 5.97. The van der Waals surface area contributed by atoms with Crippen LogP contribution in [0.1, 0.15) is 23.6 Å². The molecule has 1 aromatic rings. The molecular weight excluding hydrogens is 357 g/mol. The molecule has 130 valence electrons. The van der Waals surface area contributed by atoms with Crippen molar-refractivity contribution in [2.45, 2.75) is 24.9 Å². The zero-order chi connectivity index (χ0) is 14.2. The normalized spacial score (nSPS) is 29.8. The van der Waals surface area contributed by atoms with Crippen LogP contribution in [-0.2, 0) is 4.74 Å². The van der Waals surface area contributed by atoms with Gasteiger partial charge in [-0.25, -0.2) is 9.80 Å². The Balaban J connectivity index is 0.000000960. The molecule has 2 bridgehead atoms. The summed E-state index contributed by atoms with van der Waals surface area (Å²) in [5, 5.41) is 4.06. The SMILES string of the molecule is Cl.Cl.O=C(NN1CC(c2cccs2)C1)O[C@H]1CN2CCC1CC2. The van der Waals surface area contributed by atoms with E-state index in [1.54, 1.807) is 11.3 Å². The first kappa shape index (κ1) is 18.8. The zero-order valence-corrected chi connectivity index (χ0v) is 15.3. The Morgan fingerprint density at radius 1 is 1.22 bits per heavy atom. The number of piperidine rings is 3. The Labute approximate surface area is 153 Å². The van der Waals surface area contributed by atoms with Crippen LogP contribution in [0.2, 0.25) is 0 Å². The molecule has 5 nitrogen and oxygen atoms in total. The summed E-state index contributed by atoms with van der Waals surface area (Å²) in [6, 6.07) is 4.25. The molecule has 8 heteroatoms. The van der Waals surface area contributed by atoms with Gasteiger partial charge in [-0.1, -0.05) is 6.07 Å². The van der Waals surface area contributed by atoms with Gasteiger partial charge in [0.25, 0.3) is 0 Å². The van der Waals surface area contributed by atoms with Crippen molar-refractivity contribution in [2.24, 2.45) is 5.92 Å². The fraction of sp³-hybridized carbons (Fsp3) is 0.667. The van der Waals surface area contributed by atoms with E-state index in [0.717, 1.165) is 19.6 Å². The number of hydrazine groups is 1. The quantitative estimate of drug-likeness (QED) is 0.876. The molecule has 5 rings (SSSR count). The lowest BCUT2D eigenvalue weighted by Crippen LogP contribution is -2.57. The summed E-state index contributed by atoms with van der Waals surface area (Å²) in [6.07, 6.45) is 2.14. The van der Waals surface area contributed by atoms with E-state index >= 15 is 0 Å². The Kier molecular flexibility index (Phi) is 6.57. The van der Waals surface area contributed by atoms with E-state index in [-0.39, 0.29) is 37.0 Å². The lowest BCUT2D eigenvalue weighted by Gasteiger charge is -2.44. The van der Waals surface area contributed by atoms with Crippen LogP contribution in [0, 0.1) is 5.92 Å². The number of carbonyl (C=O) groups is 1. The van der Waals surface area contributed by atoms with Gasteiger partial charge in [-0.05, 0) is 43.3 Å². The number of thiophene rings is 1. The maximum atomic E-state index is 12.0. The number of nitrogens with one attached hydrogen (secondary N) is 1. The lowest BCUT2D eigenvalue weighted by atomic mass is 9.86. The third-order valence-electron chi connectivity index (χ3n) is 4.93. The van der Waals surface area contributed by atoms with E-state index < -0.39 is 0 Å². The van der Waals surface area contributed by atoms with E-state index in [1.165, 1.54) is 30.8 Å². The maximum absolute atomic E-state index is 12.0. The standard InChI is InChI=1S/C15H21N3O2S.2ClH/c19-15(20-13-10-17-5-3-11(13)4-6-17)16-18-8-12(9-18)14-2-1-7-21-14;;/h1-2,7,11-13H,3-6,8-10H2,(H,16,19);2*1H/t13-;;/m0../s1. The molecule has 4 saturated heterocycles. The predicted octanol–water partition coefficient (Wildman–Crippen LogP) is 2.73. The van der Waals surface area contributed by atoms with Crippen LogP contribution >= 0.6 is 36.2 Å². The van der Waals surface area contributed by atoms with Gasteiger partial charge in [-0.2, -0.15) is 0 Å². The Bertz CT molecular complexity index is 503. The lowest BCUT2D eigenvalue weighted by molar-refractivity contribution is -0.0432. The van der Waals surface area contributed by atoms with Crippen molar-refractivity contribution < 1.29 is 9.53 Å². The molecule has 1 atom stereocenters. The molecule has 0 unspecified atom stereocenters.